The minimum Gasteiger partial charge on any atom is -0.229 e. The third kappa shape index (κ3) is 10.2. The molecule has 0 fully saturated rings. The molecule has 0 aliphatic heterocycles. The van der Waals surface area contributed by atoms with E-state index in [1.54, 1.807) is 0 Å². The lowest BCUT2D eigenvalue weighted by Gasteiger charge is -1.93. The fraction of sp³-hybridized carbons (Fsp3) is 0.750. The molecule has 0 amide bonds. The van der Waals surface area contributed by atoms with Gasteiger partial charge in [0.1, 0.15) is 9.84 Å². The summed E-state index contributed by atoms with van der Waals surface area (Å²) in [5.74, 6) is 0.297. The Morgan fingerprint density at radius 1 is 1.25 bits per heavy atom. The summed E-state index contributed by atoms with van der Waals surface area (Å²) in [7, 11) is -2.76. The number of alkyl halides is 1. The van der Waals surface area contributed by atoms with E-state index >= 15 is 0 Å². The molecule has 0 spiro atoms. The summed E-state index contributed by atoms with van der Waals surface area (Å²) in [6.07, 6.45) is 7.98. The molecule has 2 nitrogen and oxygen atoms in total. The minimum atomic E-state index is -2.76. The smallest absolute Gasteiger partial charge is 0.147 e. The van der Waals surface area contributed by atoms with E-state index in [0.717, 1.165) is 24.6 Å². The number of sulfone groups is 1. The van der Waals surface area contributed by atoms with Crippen LogP contribution in [0.2, 0.25) is 0 Å². The quantitative estimate of drug-likeness (QED) is 0.414. The standard InChI is InChI=1S/C8H15BrO2S/c1-12(10,11)8-6-4-2-3-5-7-9/h2-3H,4-8H2,1H3. The average molecular weight is 255 g/mol. The van der Waals surface area contributed by atoms with Gasteiger partial charge < -0.3 is 0 Å². The Bertz CT molecular complexity index is 219. The van der Waals surface area contributed by atoms with Gasteiger partial charge in [0.15, 0.2) is 0 Å². The van der Waals surface area contributed by atoms with Gasteiger partial charge in [-0.15, -0.1) is 0 Å². The molecular formula is C8H15BrO2S. The van der Waals surface area contributed by atoms with Crippen LogP contribution < -0.4 is 0 Å². The summed E-state index contributed by atoms with van der Waals surface area (Å²) in [5, 5.41) is 0.968. The predicted octanol–water partition coefficient (Wildman–Crippen LogP) is 2.15. The van der Waals surface area contributed by atoms with E-state index in [0.29, 0.717) is 5.75 Å². The Morgan fingerprint density at radius 3 is 2.33 bits per heavy atom. The van der Waals surface area contributed by atoms with Crippen molar-refractivity contribution in [2.45, 2.75) is 19.3 Å². The zero-order chi connectivity index (χ0) is 9.45. The van der Waals surface area contributed by atoms with Crippen molar-refractivity contribution in [3.63, 3.8) is 0 Å². The van der Waals surface area contributed by atoms with Crippen molar-refractivity contribution < 1.29 is 8.42 Å². The fourth-order valence-corrected chi connectivity index (χ4v) is 1.72. The van der Waals surface area contributed by atoms with Crippen LogP contribution in [0.4, 0.5) is 0 Å². The molecule has 0 saturated carbocycles. The maximum atomic E-state index is 10.7. The van der Waals surface area contributed by atoms with Gasteiger partial charge in [-0.05, 0) is 19.3 Å². The molecule has 0 aliphatic rings. The first kappa shape index (κ1) is 12.2. The molecule has 4 heteroatoms. The lowest BCUT2D eigenvalue weighted by atomic mass is 10.3. The van der Waals surface area contributed by atoms with E-state index in [1.807, 2.05) is 6.08 Å². The molecule has 12 heavy (non-hydrogen) atoms. The normalized spacial score (nSPS) is 12.5. The van der Waals surface area contributed by atoms with E-state index in [-0.39, 0.29) is 0 Å². The van der Waals surface area contributed by atoms with Crippen LogP contribution >= 0.6 is 15.9 Å². The van der Waals surface area contributed by atoms with Crippen LogP contribution in [0.5, 0.6) is 0 Å². The SMILES string of the molecule is CS(=O)(=O)CCCC=CCCBr. The molecule has 0 heterocycles. The number of hydrogen-bond acceptors (Lipinski definition) is 2. The molecule has 0 aliphatic carbocycles. The second-order valence-electron chi connectivity index (χ2n) is 2.72. The molecule has 72 valence electrons. The van der Waals surface area contributed by atoms with Gasteiger partial charge >= 0.3 is 0 Å². The molecule has 0 aromatic heterocycles. The van der Waals surface area contributed by atoms with Gasteiger partial charge in [-0.2, -0.15) is 0 Å². The van der Waals surface area contributed by atoms with Crippen LogP contribution in [0.3, 0.4) is 0 Å². The molecule has 0 aromatic carbocycles. The average Bonchev–Trinajstić information content (AvgIpc) is 1.94. The van der Waals surface area contributed by atoms with Crippen molar-refractivity contribution in [1.82, 2.24) is 0 Å². The van der Waals surface area contributed by atoms with Crippen LogP contribution in [0.15, 0.2) is 12.2 Å². The number of rotatable bonds is 6. The van der Waals surface area contributed by atoms with Gasteiger partial charge in [0, 0.05) is 11.6 Å². The largest absolute Gasteiger partial charge is 0.229 e. The van der Waals surface area contributed by atoms with Crippen molar-refractivity contribution in [2.24, 2.45) is 0 Å². The van der Waals surface area contributed by atoms with Gasteiger partial charge in [-0.3, -0.25) is 0 Å². The highest BCUT2D eigenvalue weighted by Gasteiger charge is 1.98. The van der Waals surface area contributed by atoms with Crippen molar-refractivity contribution in [3.05, 3.63) is 12.2 Å². The van der Waals surface area contributed by atoms with Gasteiger partial charge in [0.05, 0.1) is 5.75 Å². The van der Waals surface area contributed by atoms with Gasteiger partial charge in [-0.1, -0.05) is 28.1 Å². The van der Waals surface area contributed by atoms with Gasteiger partial charge in [-0.25, -0.2) is 8.42 Å². The van der Waals surface area contributed by atoms with Gasteiger partial charge in [0.25, 0.3) is 0 Å². The highest BCUT2D eigenvalue weighted by Crippen LogP contribution is 1.97. The molecule has 0 unspecified atom stereocenters. The van der Waals surface area contributed by atoms with E-state index in [1.165, 1.54) is 6.26 Å². The summed E-state index contributed by atoms with van der Waals surface area (Å²) in [5.41, 5.74) is 0. The summed E-state index contributed by atoms with van der Waals surface area (Å²) in [6.45, 7) is 0. The first-order chi connectivity index (χ1) is 5.56. The van der Waals surface area contributed by atoms with Crippen molar-refractivity contribution in [1.29, 1.82) is 0 Å². The van der Waals surface area contributed by atoms with E-state index in [2.05, 4.69) is 22.0 Å². The number of halogens is 1. The third-order valence-corrected chi connectivity index (χ3v) is 2.82. The Balaban J connectivity index is 3.34. The Labute approximate surface area is 83.1 Å². The van der Waals surface area contributed by atoms with Crippen LogP contribution in [-0.2, 0) is 9.84 Å². The molecule has 0 bridgehead atoms. The topological polar surface area (TPSA) is 34.1 Å². The Morgan fingerprint density at radius 2 is 1.83 bits per heavy atom. The first-order valence-corrected chi connectivity index (χ1v) is 7.13. The maximum Gasteiger partial charge on any atom is 0.147 e. The molecule has 0 radical (unpaired) electrons. The monoisotopic (exact) mass is 254 g/mol. The molecule has 0 aromatic rings. The number of allylic oxidation sites excluding steroid dienone is 2. The zero-order valence-corrected chi connectivity index (χ0v) is 9.70. The van der Waals surface area contributed by atoms with E-state index in [4.69, 9.17) is 0 Å². The van der Waals surface area contributed by atoms with Crippen molar-refractivity contribution >= 4 is 25.8 Å². The Kier molecular flexibility index (Phi) is 6.76. The van der Waals surface area contributed by atoms with Crippen LogP contribution in [0, 0.1) is 0 Å². The van der Waals surface area contributed by atoms with Crippen LogP contribution in [-0.4, -0.2) is 25.8 Å². The minimum absolute atomic E-state index is 0.297. The fourth-order valence-electron chi connectivity index (χ4n) is 0.762. The van der Waals surface area contributed by atoms with Crippen molar-refractivity contribution in [2.75, 3.05) is 17.3 Å². The van der Waals surface area contributed by atoms with Crippen LogP contribution in [0.25, 0.3) is 0 Å². The van der Waals surface area contributed by atoms with E-state index < -0.39 is 9.84 Å². The third-order valence-electron chi connectivity index (χ3n) is 1.33. The summed E-state index contributed by atoms with van der Waals surface area (Å²) in [4.78, 5) is 0. The first-order valence-electron chi connectivity index (χ1n) is 3.95. The highest BCUT2D eigenvalue weighted by molar-refractivity contribution is 9.09. The molecule has 0 rings (SSSR count). The maximum absolute atomic E-state index is 10.7. The highest BCUT2D eigenvalue weighted by atomic mass is 79.9. The summed E-state index contributed by atoms with van der Waals surface area (Å²) < 4.78 is 21.4. The van der Waals surface area contributed by atoms with E-state index in [9.17, 15) is 8.42 Å². The lowest BCUT2D eigenvalue weighted by Crippen LogP contribution is -2.01. The summed E-state index contributed by atoms with van der Waals surface area (Å²) >= 11 is 3.30. The molecule has 0 N–H and O–H groups in total. The van der Waals surface area contributed by atoms with Crippen molar-refractivity contribution in [3.8, 4) is 0 Å². The predicted molar refractivity (Wildman–Crippen MR) is 56.5 cm³/mol. The molecule has 0 saturated heterocycles. The van der Waals surface area contributed by atoms with Crippen LogP contribution in [0.1, 0.15) is 19.3 Å². The second kappa shape index (κ2) is 6.66. The summed E-state index contributed by atoms with van der Waals surface area (Å²) in [6, 6.07) is 0. The molecular weight excluding hydrogens is 240 g/mol. The molecule has 0 atom stereocenters. The van der Waals surface area contributed by atoms with Gasteiger partial charge in [0.2, 0.25) is 0 Å². The number of hydrogen-bond donors (Lipinski definition) is 0. The zero-order valence-electron chi connectivity index (χ0n) is 7.29. The number of unbranched alkanes of at least 4 members (excludes halogenated alkanes) is 1. The Hall–Kier alpha value is 0.170. The second-order valence-corrected chi connectivity index (χ2v) is 5.77. The lowest BCUT2D eigenvalue weighted by molar-refractivity contribution is 0.599.